The Bertz CT molecular complexity index is 914. The van der Waals surface area contributed by atoms with Gasteiger partial charge in [-0.1, -0.05) is 29.8 Å². The normalized spacial score (nSPS) is 11.7. The molecule has 2 N–H and O–H groups in total. The Balaban J connectivity index is 0.00000392. The minimum absolute atomic E-state index is 0. The Morgan fingerprint density at radius 1 is 1.32 bits per heavy atom. The Labute approximate surface area is 189 Å². The lowest BCUT2D eigenvalue weighted by Crippen LogP contribution is -2.38. The van der Waals surface area contributed by atoms with Crippen LogP contribution in [0.15, 0.2) is 41.5 Å². The van der Waals surface area contributed by atoms with Crippen LogP contribution in [0, 0.1) is 0 Å². The number of nitrogens with zero attached hydrogens (tertiary/aromatic N) is 3. The largest absolute Gasteiger partial charge is 0.357 e. The molecule has 0 saturated heterocycles. The summed E-state index contributed by atoms with van der Waals surface area (Å²) in [5.74, 6) is 0.726. The first-order chi connectivity index (χ1) is 12.7. The van der Waals surface area contributed by atoms with Gasteiger partial charge in [-0.25, -0.2) is 13.4 Å². The van der Waals surface area contributed by atoms with Crippen LogP contribution < -0.4 is 10.0 Å². The summed E-state index contributed by atoms with van der Waals surface area (Å²) in [6, 6.07) is 9.16. The quantitative estimate of drug-likeness (QED) is 0.322. The molecule has 0 saturated carbocycles. The summed E-state index contributed by atoms with van der Waals surface area (Å²) >= 11 is 6.06. The van der Waals surface area contributed by atoms with Crippen LogP contribution in [0.2, 0.25) is 5.02 Å². The maximum atomic E-state index is 11.6. The Morgan fingerprint density at radius 2 is 2.00 bits per heavy atom. The van der Waals surface area contributed by atoms with Gasteiger partial charge in [0.2, 0.25) is 10.0 Å². The number of aryl methyl sites for hydroxylation is 1. The van der Waals surface area contributed by atoms with E-state index in [0.29, 0.717) is 23.8 Å². The molecule has 2 rings (SSSR count). The van der Waals surface area contributed by atoms with E-state index in [-0.39, 0.29) is 24.0 Å². The second-order valence-corrected chi connectivity index (χ2v) is 8.50. The van der Waals surface area contributed by atoms with Crippen LogP contribution in [0.4, 0.5) is 5.69 Å². The molecule has 0 aliphatic rings. The molecule has 2 aromatic rings. The second kappa shape index (κ2) is 10.9. The van der Waals surface area contributed by atoms with Gasteiger partial charge in [0.05, 0.1) is 30.1 Å². The lowest BCUT2D eigenvalue weighted by Gasteiger charge is -2.22. The Kier molecular flexibility index (Phi) is 9.58. The summed E-state index contributed by atoms with van der Waals surface area (Å²) < 4.78 is 27.6. The molecule has 1 aromatic heterocycles. The zero-order chi connectivity index (χ0) is 20.0. The van der Waals surface area contributed by atoms with Gasteiger partial charge in [0.25, 0.3) is 0 Å². The van der Waals surface area contributed by atoms with Crippen LogP contribution in [0.1, 0.15) is 18.2 Å². The summed E-state index contributed by atoms with van der Waals surface area (Å²) in [6.07, 6.45) is 3.00. The monoisotopic (exact) mass is 539 g/mol. The average Bonchev–Trinajstić information content (AvgIpc) is 2.88. The SMILES string of the molecule is CCNC(=NCc1ccccc1NS(C)(=O)=O)N(C)Cc1cc(Cl)cn1C.I. The van der Waals surface area contributed by atoms with E-state index in [1.807, 2.05) is 54.9 Å². The molecule has 156 valence electrons. The molecule has 0 bridgehead atoms. The molecule has 0 aliphatic carbocycles. The van der Waals surface area contributed by atoms with Crippen molar-refractivity contribution in [2.75, 3.05) is 24.6 Å². The van der Waals surface area contributed by atoms with Gasteiger partial charge < -0.3 is 14.8 Å². The summed E-state index contributed by atoms with van der Waals surface area (Å²) in [5.41, 5.74) is 2.40. The van der Waals surface area contributed by atoms with Crippen LogP contribution in [-0.4, -0.2) is 43.7 Å². The maximum Gasteiger partial charge on any atom is 0.229 e. The van der Waals surface area contributed by atoms with Crippen molar-refractivity contribution in [3.63, 3.8) is 0 Å². The number of anilines is 1. The molecule has 0 aliphatic heterocycles. The van der Waals surface area contributed by atoms with Gasteiger partial charge in [-0.2, -0.15) is 0 Å². The fraction of sp³-hybridized carbons (Fsp3) is 0.389. The fourth-order valence-corrected chi connectivity index (χ4v) is 3.50. The maximum absolute atomic E-state index is 11.6. The molecule has 10 heteroatoms. The summed E-state index contributed by atoms with van der Waals surface area (Å²) in [7, 11) is 0.550. The number of nitrogens with one attached hydrogen (secondary N) is 2. The van der Waals surface area contributed by atoms with Crippen LogP contribution in [0.25, 0.3) is 0 Å². The van der Waals surface area contributed by atoms with Crippen LogP contribution in [-0.2, 0) is 30.2 Å². The highest BCUT2D eigenvalue weighted by Crippen LogP contribution is 2.18. The average molecular weight is 540 g/mol. The van der Waals surface area contributed by atoms with Crippen molar-refractivity contribution in [2.24, 2.45) is 12.0 Å². The third-order valence-corrected chi connectivity index (χ3v) is 4.68. The van der Waals surface area contributed by atoms with Crippen molar-refractivity contribution < 1.29 is 8.42 Å². The number of hydrogen-bond donors (Lipinski definition) is 2. The zero-order valence-electron chi connectivity index (χ0n) is 16.4. The zero-order valence-corrected chi connectivity index (χ0v) is 20.3. The lowest BCUT2D eigenvalue weighted by molar-refractivity contribution is 0.462. The molecular weight excluding hydrogens is 513 g/mol. The highest BCUT2D eigenvalue weighted by molar-refractivity contribution is 14.0. The molecule has 0 spiro atoms. The van der Waals surface area contributed by atoms with Crippen molar-refractivity contribution in [3.8, 4) is 0 Å². The van der Waals surface area contributed by atoms with Gasteiger partial charge in [-0.05, 0) is 24.6 Å². The highest BCUT2D eigenvalue weighted by Gasteiger charge is 2.11. The van der Waals surface area contributed by atoms with Gasteiger partial charge in [0.1, 0.15) is 0 Å². The number of sulfonamides is 1. The van der Waals surface area contributed by atoms with Gasteiger partial charge in [-0.15, -0.1) is 24.0 Å². The topological polar surface area (TPSA) is 78.7 Å². The number of guanidine groups is 1. The molecule has 1 aromatic carbocycles. The molecule has 28 heavy (non-hydrogen) atoms. The number of para-hydroxylation sites is 1. The molecule has 0 atom stereocenters. The van der Waals surface area contributed by atoms with Crippen molar-refractivity contribution in [1.82, 2.24) is 14.8 Å². The first-order valence-electron chi connectivity index (χ1n) is 8.55. The summed E-state index contributed by atoms with van der Waals surface area (Å²) in [4.78, 5) is 6.66. The third-order valence-electron chi connectivity index (χ3n) is 3.88. The van der Waals surface area contributed by atoms with Crippen LogP contribution in [0.5, 0.6) is 0 Å². The van der Waals surface area contributed by atoms with E-state index in [1.165, 1.54) is 0 Å². The van der Waals surface area contributed by atoms with Crippen molar-refractivity contribution >= 4 is 57.2 Å². The minimum Gasteiger partial charge on any atom is -0.357 e. The van der Waals surface area contributed by atoms with Crippen molar-refractivity contribution in [1.29, 1.82) is 0 Å². The van der Waals surface area contributed by atoms with Gasteiger partial charge in [0, 0.05) is 32.5 Å². The van der Waals surface area contributed by atoms with E-state index in [4.69, 9.17) is 11.6 Å². The number of halogens is 2. The third kappa shape index (κ3) is 7.51. The predicted molar refractivity (Wildman–Crippen MR) is 127 cm³/mol. The van der Waals surface area contributed by atoms with Crippen molar-refractivity contribution in [3.05, 3.63) is 52.8 Å². The van der Waals surface area contributed by atoms with Crippen LogP contribution >= 0.6 is 35.6 Å². The highest BCUT2D eigenvalue weighted by atomic mass is 127. The molecule has 7 nitrogen and oxygen atoms in total. The van der Waals surface area contributed by atoms with Gasteiger partial charge >= 0.3 is 0 Å². The van der Waals surface area contributed by atoms with E-state index < -0.39 is 10.0 Å². The second-order valence-electron chi connectivity index (χ2n) is 6.32. The molecule has 0 radical (unpaired) electrons. The number of hydrogen-bond acceptors (Lipinski definition) is 3. The number of aromatic nitrogens is 1. The smallest absolute Gasteiger partial charge is 0.229 e. The van der Waals surface area contributed by atoms with E-state index >= 15 is 0 Å². The summed E-state index contributed by atoms with van der Waals surface area (Å²) in [6.45, 7) is 3.71. The molecule has 1 heterocycles. The number of aliphatic imine (C=N–C) groups is 1. The molecular formula is C18H27ClIN5O2S. The Morgan fingerprint density at radius 3 is 2.57 bits per heavy atom. The van der Waals surface area contributed by atoms with E-state index in [1.54, 1.807) is 12.1 Å². The van der Waals surface area contributed by atoms with Crippen LogP contribution in [0.3, 0.4) is 0 Å². The van der Waals surface area contributed by atoms with E-state index in [9.17, 15) is 8.42 Å². The number of rotatable bonds is 7. The van der Waals surface area contributed by atoms with E-state index in [0.717, 1.165) is 30.0 Å². The Hall–Kier alpha value is -1.46. The first-order valence-corrected chi connectivity index (χ1v) is 10.8. The minimum atomic E-state index is -3.35. The summed E-state index contributed by atoms with van der Waals surface area (Å²) in [5, 5.41) is 3.96. The fourth-order valence-electron chi connectivity index (χ4n) is 2.63. The predicted octanol–water partition coefficient (Wildman–Crippen LogP) is 3.27. The molecule has 0 amide bonds. The van der Waals surface area contributed by atoms with Crippen molar-refractivity contribution in [2.45, 2.75) is 20.0 Å². The number of benzene rings is 1. The van der Waals surface area contributed by atoms with Gasteiger partial charge in [0.15, 0.2) is 5.96 Å². The molecule has 0 fully saturated rings. The van der Waals surface area contributed by atoms with E-state index in [2.05, 4.69) is 15.0 Å². The molecule has 0 unspecified atom stereocenters. The standard InChI is InChI=1S/C18H26ClN5O2S.HI/c1-5-20-18(24(3)13-16-10-15(19)12-23(16)2)21-11-14-8-6-7-9-17(14)22-27(4,25)26;/h6-10,12,22H,5,11,13H2,1-4H3,(H,20,21);1H. The first kappa shape index (κ1) is 24.6. The lowest BCUT2D eigenvalue weighted by atomic mass is 10.2. The van der Waals surface area contributed by atoms with Gasteiger partial charge in [-0.3, -0.25) is 4.72 Å².